The molecule has 0 amide bonds. The summed E-state index contributed by atoms with van der Waals surface area (Å²) in [5, 5.41) is 0. The van der Waals surface area contributed by atoms with E-state index in [0.717, 1.165) is 30.8 Å². The van der Waals surface area contributed by atoms with E-state index in [2.05, 4.69) is 58.3 Å². The molecule has 3 heteroatoms. The number of piperazine rings is 1. The lowest BCUT2D eigenvalue weighted by molar-refractivity contribution is 0.141. The monoisotopic (exact) mass is 350 g/mol. The number of nitrogens with zero attached hydrogens (tertiary/aromatic N) is 2. The number of methoxy groups -OCH3 is 1. The second-order valence-corrected chi connectivity index (χ2v) is 7.64. The quantitative estimate of drug-likeness (QED) is 0.805. The van der Waals surface area contributed by atoms with Gasteiger partial charge in [0.2, 0.25) is 0 Å². The van der Waals surface area contributed by atoms with Crippen molar-refractivity contribution in [2.75, 3.05) is 38.2 Å². The summed E-state index contributed by atoms with van der Waals surface area (Å²) in [6, 6.07) is 20.3. The molecule has 3 nitrogen and oxygen atoms in total. The predicted octanol–water partition coefficient (Wildman–Crippen LogP) is 4.54. The number of ether oxygens (including phenoxy) is 1. The second kappa shape index (κ2) is 8.13. The zero-order chi connectivity index (χ0) is 17.8. The van der Waals surface area contributed by atoms with Gasteiger partial charge in [-0.05, 0) is 49.3 Å². The van der Waals surface area contributed by atoms with Gasteiger partial charge < -0.3 is 9.64 Å². The average Bonchev–Trinajstić information content (AvgIpc) is 2.75. The second-order valence-electron chi connectivity index (χ2n) is 7.64. The first-order chi connectivity index (χ1) is 12.8. The number of hydrogen-bond donors (Lipinski definition) is 0. The first-order valence-corrected chi connectivity index (χ1v) is 10.0. The molecule has 2 aliphatic rings. The number of anilines is 1. The molecule has 26 heavy (non-hydrogen) atoms. The van der Waals surface area contributed by atoms with Crippen molar-refractivity contribution < 1.29 is 4.74 Å². The van der Waals surface area contributed by atoms with Crippen molar-refractivity contribution in [2.45, 2.75) is 37.6 Å². The summed E-state index contributed by atoms with van der Waals surface area (Å²) in [5.41, 5.74) is 2.82. The lowest BCUT2D eigenvalue weighted by atomic mass is 9.81. The van der Waals surface area contributed by atoms with E-state index >= 15 is 0 Å². The molecule has 2 aromatic carbocycles. The van der Waals surface area contributed by atoms with Gasteiger partial charge >= 0.3 is 0 Å². The molecule has 1 aliphatic carbocycles. The van der Waals surface area contributed by atoms with E-state index in [1.807, 2.05) is 6.07 Å². The maximum Gasteiger partial charge on any atom is 0.120 e. The van der Waals surface area contributed by atoms with E-state index in [9.17, 15) is 0 Å². The van der Waals surface area contributed by atoms with E-state index < -0.39 is 0 Å². The van der Waals surface area contributed by atoms with Gasteiger partial charge in [-0.25, -0.2) is 0 Å². The molecular weight excluding hydrogens is 320 g/mol. The molecule has 138 valence electrons. The molecular formula is C23H30N2O. The van der Waals surface area contributed by atoms with Gasteiger partial charge in [0.15, 0.2) is 0 Å². The Kier molecular flexibility index (Phi) is 5.45. The topological polar surface area (TPSA) is 15.7 Å². The van der Waals surface area contributed by atoms with Gasteiger partial charge in [0.25, 0.3) is 0 Å². The van der Waals surface area contributed by atoms with Gasteiger partial charge in [-0.15, -0.1) is 0 Å². The maximum absolute atomic E-state index is 5.37. The number of hydrogen-bond acceptors (Lipinski definition) is 3. The summed E-state index contributed by atoms with van der Waals surface area (Å²) in [4.78, 5) is 5.23. The minimum Gasteiger partial charge on any atom is -0.497 e. The van der Waals surface area contributed by atoms with E-state index in [1.54, 1.807) is 7.11 Å². The molecule has 2 aromatic rings. The highest BCUT2D eigenvalue weighted by molar-refractivity contribution is 5.51. The van der Waals surface area contributed by atoms with Gasteiger partial charge in [-0.2, -0.15) is 0 Å². The zero-order valence-corrected chi connectivity index (χ0v) is 15.8. The number of rotatable bonds is 4. The molecule has 0 atom stereocenters. The van der Waals surface area contributed by atoms with Crippen LogP contribution in [-0.4, -0.2) is 44.2 Å². The predicted molar refractivity (Wildman–Crippen MR) is 108 cm³/mol. The van der Waals surface area contributed by atoms with Crippen molar-refractivity contribution in [1.82, 2.24) is 4.90 Å². The third kappa shape index (κ3) is 3.88. The van der Waals surface area contributed by atoms with Crippen molar-refractivity contribution in [3.8, 4) is 5.75 Å². The fourth-order valence-corrected chi connectivity index (χ4v) is 4.65. The van der Waals surface area contributed by atoms with Gasteiger partial charge in [-0.3, -0.25) is 4.90 Å². The third-order valence-electron chi connectivity index (χ3n) is 6.22. The highest BCUT2D eigenvalue weighted by atomic mass is 16.5. The molecule has 1 heterocycles. The summed E-state index contributed by atoms with van der Waals surface area (Å²) >= 11 is 0. The Bertz CT molecular complexity index is 686. The summed E-state index contributed by atoms with van der Waals surface area (Å²) in [5.74, 6) is 1.72. The van der Waals surface area contributed by atoms with E-state index in [0.29, 0.717) is 0 Å². The summed E-state index contributed by atoms with van der Waals surface area (Å²) in [6.45, 7) is 4.59. The Balaban J connectivity index is 1.29. The molecule has 4 rings (SSSR count). The Morgan fingerprint density at radius 1 is 0.808 bits per heavy atom. The Morgan fingerprint density at radius 3 is 2.23 bits per heavy atom. The SMILES string of the molecule is COc1cccc(N2CCN(C3CCC(c4ccccc4)CC3)CC2)c1. The molecule has 0 aromatic heterocycles. The van der Waals surface area contributed by atoms with E-state index in [1.165, 1.54) is 50.0 Å². The fraction of sp³-hybridized carbons (Fsp3) is 0.478. The van der Waals surface area contributed by atoms with Crippen LogP contribution in [0.2, 0.25) is 0 Å². The molecule has 0 bridgehead atoms. The third-order valence-corrected chi connectivity index (χ3v) is 6.22. The molecule has 0 unspecified atom stereocenters. The molecule has 0 spiro atoms. The van der Waals surface area contributed by atoms with Crippen LogP contribution in [0, 0.1) is 0 Å². The Labute approximate surface area is 157 Å². The zero-order valence-electron chi connectivity index (χ0n) is 15.8. The van der Waals surface area contributed by atoms with Crippen LogP contribution in [0.1, 0.15) is 37.2 Å². The van der Waals surface area contributed by atoms with Gasteiger partial charge in [0.1, 0.15) is 5.75 Å². The summed E-state index contributed by atoms with van der Waals surface area (Å²) in [6.07, 6.45) is 5.37. The highest BCUT2D eigenvalue weighted by Gasteiger charge is 2.28. The van der Waals surface area contributed by atoms with Crippen molar-refractivity contribution >= 4 is 5.69 Å². The van der Waals surface area contributed by atoms with Crippen LogP contribution in [0.25, 0.3) is 0 Å². The van der Waals surface area contributed by atoms with Crippen molar-refractivity contribution in [3.63, 3.8) is 0 Å². The van der Waals surface area contributed by atoms with Gasteiger partial charge in [0.05, 0.1) is 7.11 Å². The van der Waals surface area contributed by atoms with Gasteiger partial charge in [0, 0.05) is 44.0 Å². The molecule has 1 saturated heterocycles. The van der Waals surface area contributed by atoms with Crippen LogP contribution in [-0.2, 0) is 0 Å². The van der Waals surface area contributed by atoms with E-state index in [-0.39, 0.29) is 0 Å². The minimum atomic E-state index is 0.769. The van der Waals surface area contributed by atoms with Crippen LogP contribution in [0.4, 0.5) is 5.69 Å². The summed E-state index contributed by atoms with van der Waals surface area (Å²) in [7, 11) is 1.74. The Hall–Kier alpha value is -2.00. The molecule has 2 fully saturated rings. The van der Waals surface area contributed by atoms with Crippen LogP contribution in [0.15, 0.2) is 54.6 Å². The van der Waals surface area contributed by atoms with Gasteiger partial charge in [-0.1, -0.05) is 36.4 Å². The smallest absolute Gasteiger partial charge is 0.120 e. The molecule has 1 aliphatic heterocycles. The number of benzene rings is 2. The van der Waals surface area contributed by atoms with Crippen molar-refractivity contribution in [2.24, 2.45) is 0 Å². The highest BCUT2D eigenvalue weighted by Crippen LogP contribution is 2.35. The van der Waals surface area contributed by atoms with E-state index in [4.69, 9.17) is 4.74 Å². The Morgan fingerprint density at radius 2 is 1.54 bits per heavy atom. The van der Waals surface area contributed by atoms with Crippen LogP contribution in [0.3, 0.4) is 0 Å². The standard InChI is InChI=1S/C23H30N2O/c1-26-23-9-5-8-22(18-23)25-16-14-24(15-17-25)21-12-10-20(11-13-21)19-6-3-2-4-7-19/h2-9,18,20-21H,10-17H2,1H3. The first-order valence-electron chi connectivity index (χ1n) is 10.0. The normalized spacial score (nSPS) is 24.4. The fourth-order valence-electron chi connectivity index (χ4n) is 4.65. The lowest BCUT2D eigenvalue weighted by Gasteiger charge is -2.42. The largest absolute Gasteiger partial charge is 0.497 e. The van der Waals surface area contributed by atoms with Crippen LogP contribution >= 0.6 is 0 Å². The molecule has 0 N–H and O–H groups in total. The first kappa shape index (κ1) is 17.4. The average molecular weight is 351 g/mol. The molecule has 1 saturated carbocycles. The van der Waals surface area contributed by atoms with Crippen molar-refractivity contribution in [3.05, 3.63) is 60.2 Å². The molecule has 0 radical (unpaired) electrons. The van der Waals surface area contributed by atoms with Crippen molar-refractivity contribution in [1.29, 1.82) is 0 Å². The summed E-state index contributed by atoms with van der Waals surface area (Å²) < 4.78 is 5.37. The van der Waals surface area contributed by atoms with Crippen LogP contribution < -0.4 is 9.64 Å². The lowest BCUT2D eigenvalue weighted by Crippen LogP contribution is -2.51. The minimum absolute atomic E-state index is 0.769. The van der Waals surface area contributed by atoms with Crippen LogP contribution in [0.5, 0.6) is 5.75 Å². The maximum atomic E-state index is 5.37.